The maximum atomic E-state index is 13.0. The van der Waals surface area contributed by atoms with Crippen LogP contribution in [0.15, 0.2) is 65.2 Å². The number of hydrogen-bond donors (Lipinski definition) is 0. The number of nitrogens with zero attached hydrogens (tertiary/aromatic N) is 4. The van der Waals surface area contributed by atoms with Gasteiger partial charge in [0.15, 0.2) is 0 Å². The van der Waals surface area contributed by atoms with Crippen LogP contribution in [0.25, 0.3) is 0 Å². The van der Waals surface area contributed by atoms with Gasteiger partial charge in [-0.05, 0) is 42.7 Å². The molecule has 0 spiro atoms. The molecule has 0 atom stereocenters. The average molecular weight is 419 g/mol. The number of piperidine rings is 1. The van der Waals surface area contributed by atoms with E-state index in [0.29, 0.717) is 5.69 Å². The second kappa shape index (κ2) is 14.4. The molecule has 1 saturated heterocycles. The Morgan fingerprint density at radius 1 is 1.04 bits per heavy atom. The molecule has 1 aliphatic rings. The maximum absolute atomic E-state index is 13.0. The van der Waals surface area contributed by atoms with Crippen LogP contribution in [0, 0.1) is 20.8 Å². The fourth-order valence-corrected chi connectivity index (χ4v) is 3.08. The van der Waals surface area contributed by atoms with E-state index in [0.717, 1.165) is 37.8 Å². The monoisotopic (exact) mass is 418 g/mol. The van der Waals surface area contributed by atoms with Crippen molar-refractivity contribution in [2.24, 2.45) is 10.6 Å². The summed E-state index contributed by atoms with van der Waals surface area (Å²) in [5.41, 5.74) is 1.96. The summed E-state index contributed by atoms with van der Waals surface area (Å²) in [6.45, 7) is 2.78. The van der Waals surface area contributed by atoms with Crippen molar-refractivity contribution in [3.05, 3.63) is 81.0 Å². The number of halogens is 2. The van der Waals surface area contributed by atoms with Crippen molar-refractivity contribution >= 4 is 18.1 Å². The van der Waals surface area contributed by atoms with Crippen LogP contribution in [0.3, 0.4) is 0 Å². The summed E-state index contributed by atoms with van der Waals surface area (Å²) in [5, 5.41) is 13.6. The van der Waals surface area contributed by atoms with E-state index in [1.165, 1.54) is 22.7 Å². The fraction of sp³-hybridized carbons (Fsp3) is 0.333. The zero-order valence-electron chi connectivity index (χ0n) is 15.6. The third-order valence-corrected chi connectivity index (χ3v) is 4.33. The molecule has 3 rings (SSSR count). The van der Waals surface area contributed by atoms with E-state index in [1.807, 2.05) is 6.07 Å². The molecule has 1 aliphatic heterocycles. The molecule has 2 aromatic carbocycles. The van der Waals surface area contributed by atoms with E-state index in [2.05, 4.69) is 34.5 Å². The molecular weight excluding hydrogens is 398 g/mol. The standard InChI is InChI=1S/C18H20FN3O.ClH.HNO2.Na/c19-16-6-8-17(9-7-16)22(20-23)18-10-12-21(13-11-18)14-15-4-2-1-3-5-15;;2-1-3;/h1-9,18H,10-14H2;1H;(H,2,3);/q;;;+1/p-1. The Morgan fingerprint density at radius 3 is 2.07 bits per heavy atom. The molecule has 10 heteroatoms. The van der Waals surface area contributed by atoms with Crippen LogP contribution in [0.5, 0.6) is 0 Å². The van der Waals surface area contributed by atoms with Gasteiger partial charge in [0.2, 0.25) is 0 Å². The molecule has 0 aromatic heterocycles. The van der Waals surface area contributed by atoms with Crippen molar-refractivity contribution in [1.82, 2.24) is 4.90 Å². The van der Waals surface area contributed by atoms with Gasteiger partial charge in [-0.25, -0.2) is 9.40 Å². The van der Waals surface area contributed by atoms with Gasteiger partial charge in [-0.15, -0.1) is 22.7 Å². The van der Waals surface area contributed by atoms with Gasteiger partial charge in [0.1, 0.15) is 5.82 Å². The molecule has 0 bridgehead atoms. The van der Waals surface area contributed by atoms with Gasteiger partial charge in [0.05, 0.1) is 17.0 Å². The Balaban J connectivity index is 0.00000137. The van der Waals surface area contributed by atoms with Gasteiger partial charge in [0, 0.05) is 19.6 Å². The molecule has 0 aliphatic carbocycles. The second-order valence-corrected chi connectivity index (χ2v) is 5.97. The van der Waals surface area contributed by atoms with E-state index in [4.69, 9.17) is 10.1 Å². The van der Waals surface area contributed by atoms with E-state index in [9.17, 15) is 9.30 Å². The fourth-order valence-electron chi connectivity index (χ4n) is 3.08. The number of hydrogen-bond acceptors (Lipinski definition) is 6. The van der Waals surface area contributed by atoms with Crippen molar-refractivity contribution in [1.29, 1.82) is 0 Å². The summed E-state index contributed by atoms with van der Waals surface area (Å²) in [6, 6.07) is 16.4. The Morgan fingerprint density at radius 2 is 1.57 bits per heavy atom. The van der Waals surface area contributed by atoms with Crippen molar-refractivity contribution in [2.75, 3.05) is 18.1 Å². The molecule has 0 amide bonds. The topological polar surface area (TPSA) is 88.4 Å². The largest absolute Gasteiger partial charge is 1.00 e. The van der Waals surface area contributed by atoms with E-state index in [-0.39, 0.29) is 53.8 Å². The third kappa shape index (κ3) is 8.20. The predicted octanol–water partition coefficient (Wildman–Crippen LogP) is 1.65. The third-order valence-electron chi connectivity index (χ3n) is 4.33. The molecule has 28 heavy (non-hydrogen) atoms. The summed E-state index contributed by atoms with van der Waals surface area (Å²) >= 11 is 0. The first-order valence-corrected chi connectivity index (χ1v) is 8.27. The summed E-state index contributed by atoms with van der Waals surface area (Å²) in [6.07, 6.45) is 1.74. The summed E-state index contributed by atoms with van der Waals surface area (Å²) in [5.74, 6) is -0.308. The molecule has 0 N–H and O–H groups in total. The molecule has 2 aromatic rings. The zero-order valence-corrected chi connectivity index (χ0v) is 18.4. The smallest absolute Gasteiger partial charge is 0.444 e. The molecule has 0 radical (unpaired) electrons. The Kier molecular flexibility index (Phi) is 13.6. The Bertz CT molecular complexity index is 689. The minimum atomic E-state index is -0.308. The van der Waals surface area contributed by atoms with Gasteiger partial charge < -0.3 is 10.1 Å². The molecule has 146 valence electrons. The molecule has 0 saturated carbocycles. The van der Waals surface area contributed by atoms with Crippen molar-refractivity contribution in [3.8, 4) is 0 Å². The van der Waals surface area contributed by atoms with E-state index < -0.39 is 0 Å². The van der Waals surface area contributed by atoms with E-state index in [1.54, 1.807) is 12.1 Å². The van der Waals surface area contributed by atoms with Crippen molar-refractivity contribution in [2.45, 2.75) is 25.4 Å². The second-order valence-electron chi connectivity index (χ2n) is 5.97. The number of likely N-dealkylation sites (tertiary alicyclic amines) is 1. The minimum Gasteiger partial charge on any atom is -0.444 e. The quantitative estimate of drug-likeness (QED) is 0.418. The zero-order chi connectivity index (χ0) is 18.8. The molecule has 1 heterocycles. The molecular formula is C18H21ClFN4NaO3. The first kappa shape index (κ1) is 26.4. The summed E-state index contributed by atoms with van der Waals surface area (Å²) < 4.78 is 13.0. The van der Waals surface area contributed by atoms with Crippen molar-refractivity contribution < 1.29 is 33.9 Å². The first-order chi connectivity index (χ1) is 12.7. The summed E-state index contributed by atoms with van der Waals surface area (Å²) in [7, 11) is 0. The van der Waals surface area contributed by atoms with Gasteiger partial charge in [0.25, 0.3) is 0 Å². The average Bonchev–Trinajstić information content (AvgIpc) is 2.67. The van der Waals surface area contributed by atoms with Crippen LogP contribution in [0.1, 0.15) is 18.4 Å². The van der Waals surface area contributed by atoms with Crippen LogP contribution in [-0.4, -0.2) is 24.0 Å². The number of rotatable bonds is 5. The Labute approximate surface area is 191 Å². The van der Waals surface area contributed by atoms with Crippen LogP contribution < -0.4 is 34.6 Å². The normalized spacial score (nSPS) is 13.8. The van der Waals surface area contributed by atoms with Crippen LogP contribution >= 0.6 is 12.4 Å². The van der Waals surface area contributed by atoms with E-state index >= 15 is 0 Å². The molecule has 7 nitrogen and oxygen atoms in total. The van der Waals surface area contributed by atoms with Crippen LogP contribution in [-0.2, 0) is 6.54 Å². The molecule has 0 unspecified atom stereocenters. The summed E-state index contributed by atoms with van der Waals surface area (Å²) in [4.78, 5) is 21.6. The number of nitroso groups, excluding NO2 is 1. The number of anilines is 1. The predicted molar refractivity (Wildman–Crippen MR) is 106 cm³/mol. The van der Waals surface area contributed by atoms with Crippen LogP contribution in [0.4, 0.5) is 10.1 Å². The molecule has 1 fully saturated rings. The Hall–Kier alpha value is -1.58. The maximum Gasteiger partial charge on any atom is 1.00 e. The minimum absolute atomic E-state index is 0. The number of benzene rings is 2. The van der Waals surface area contributed by atoms with Gasteiger partial charge in [-0.1, -0.05) is 30.3 Å². The van der Waals surface area contributed by atoms with Crippen LogP contribution in [0.2, 0.25) is 0 Å². The first-order valence-electron chi connectivity index (χ1n) is 8.27. The SMILES string of the molecule is Cl.O=NN(c1ccc(F)cc1)C1CCN(Cc2ccccc2)CC1.O=N[O-].[Na+]. The van der Waals surface area contributed by atoms with Crippen molar-refractivity contribution in [3.63, 3.8) is 0 Å². The van der Waals surface area contributed by atoms with Gasteiger partial charge in [-0.2, -0.15) is 0 Å². The van der Waals surface area contributed by atoms with Gasteiger partial charge >= 0.3 is 29.6 Å². The van der Waals surface area contributed by atoms with Gasteiger partial charge in [-0.3, -0.25) is 4.90 Å².